The molecule has 0 atom stereocenters. The fourth-order valence-corrected chi connectivity index (χ4v) is 1.53. The van der Waals surface area contributed by atoms with Crippen molar-refractivity contribution < 1.29 is 4.79 Å². The summed E-state index contributed by atoms with van der Waals surface area (Å²) in [6, 6.07) is 3.11. The van der Waals surface area contributed by atoms with Crippen LogP contribution >= 0.6 is 15.9 Å². The van der Waals surface area contributed by atoms with Crippen molar-refractivity contribution in [2.45, 2.75) is 6.92 Å². The summed E-state index contributed by atoms with van der Waals surface area (Å²) in [6.07, 6.45) is 0. The Morgan fingerprint density at radius 3 is 2.69 bits per heavy atom. The van der Waals surface area contributed by atoms with Crippen molar-refractivity contribution in [3.63, 3.8) is 0 Å². The monoisotopic (exact) mass is 242 g/mol. The second-order valence-electron chi connectivity index (χ2n) is 2.59. The summed E-state index contributed by atoms with van der Waals surface area (Å²) in [5.74, 6) is -0.821. The fourth-order valence-electron chi connectivity index (χ4n) is 0.903. The SMILES string of the molecule is Cc1cc(Br)c(C(=O)N=O)cc1N. The molecule has 13 heavy (non-hydrogen) atoms. The predicted octanol–water partition coefficient (Wildman–Crippen LogP) is 2.25. The van der Waals surface area contributed by atoms with Crippen LogP contribution in [0.5, 0.6) is 0 Å². The number of hydrogen-bond donors (Lipinski definition) is 1. The van der Waals surface area contributed by atoms with Crippen molar-refractivity contribution >= 4 is 27.5 Å². The number of nitroso groups, excluding NO2 is 1. The molecule has 0 aliphatic rings. The first kappa shape index (κ1) is 9.85. The zero-order valence-corrected chi connectivity index (χ0v) is 8.46. The molecule has 0 saturated carbocycles. The summed E-state index contributed by atoms with van der Waals surface area (Å²) in [5.41, 5.74) is 7.07. The fraction of sp³-hybridized carbons (Fsp3) is 0.125. The normalized spacial score (nSPS) is 9.69. The van der Waals surface area contributed by atoms with Gasteiger partial charge < -0.3 is 5.73 Å². The first-order chi connectivity index (χ1) is 6.06. The van der Waals surface area contributed by atoms with Gasteiger partial charge in [-0.15, -0.1) is 4.91 Å². The molecule has 68 valence electrons. The first-order valence-electron chi connectivity index (χ1n) is 3.49. The molecule has 2 N–H and O–H groups in total. The maximum absolute atomic E-state index is 10.9. The number of hydrogen-bond acceptors (Lipinski definition) is 3. The minimum absolute atomic E-state index is 0.193. The molecule has 5 heteroatoms. The molecule has 0 heterocycles. The summed E-state index contributed by atoms with van der Waals surface area (Å²) in [5, 5.41) is 2.32. The lowest BCUT2D eigenvalue weighted by Gasteiger charge is -2.03. The van der Waals surface area contributed by atoms with E-state index >= 15 is 0 Å². The Morgan fingerprint density at radius 1 is 1.54 bits per heavy atom. The van der Waals surface area contributed by atoms with Gasteiger partial charge in [0.05, 0.1) is 5.56 Å². The number of aryl methyl sites for hydroxylation is 1. The zero-order valence-electron chi connectivity index (χ0n) is 6.87. The molecule has 0 aliphatic carbocycles. The van der Waals surface area contributed by atoms with Crippen LogP contribution in [0, 0.1) is 11.8 Å². The molecule has 0 bridgehead atoms. The van der Waals surface area contributed by atoms with Crippen molar-refractivity contribution in [1.82, 2.24) is 0 Å². The molecule has 1 rings (SSSR count). The molecule has 0 saturated heterocycles. The highest BCUT2D eigenvalue weighted by Crippen LogP contribution is 2.23. The number of carbonyl (C=O) groups excluding carboxylic acids is 1. The topological polar surface area (TPSA) is 72.5 Å². The van der Waals surface area contributed by atoms with E-state index in [0.29, 0.717) is 10.2 Å². The Labute approximate surface area is 83.2 Å². The van der Waals surface area contributed by atoms with E-state index in [0.717, 1.165) is 5.56 Å². The van der Waals surface area contributed by atoms with E-state index in [2.05, 4.69) is 21.1 Å². The number of amides is 1. The van der Waals surface area contributed by atoms with Gasteiger partial charge in [0.15, 0.2) is 0 Å². The summed E-state index contributed by atoms with van der Waals surface area (Å²) < 4.78 is 0.531. The number of anilines is 1. The van der Waals surface area contributed by atoms with Crippen LogP contribution in [0.4, 0.5) is 5.69 Å². The molecular formula is C8H7BrN2O2. The number of benzene rings is 1. The smallest absolute Gasteiger partial charge is 0.317 e. The van der Waals surface area contributed by atoms with Crippen LogP contribution in [0.2, 0.25) is 0 Å². The Hall–Kier alpha value is -1.23. The predicted molar refractivity (Wildman–Crippen MR) is 53.4 cm³/mol. The third-order valence-corrected chi connectivity index (χ3v) is 2.33. The van der Waals surface area contributed by atoms with Gasteiger partial charge in [-0.25, -0.2) is 0 Å². The maximum Gasteiger partial charge on any atom is 0.317 e. The van der Waals surface area contributed by atoms with Gasteiger partial charge in [0, 0.05) is 15.3 Å². The molecule has 0 unspecified atom stereocenters. The second-order valence-corrected chi connectivity index (χ2v) is 3.44. The zero-order chi connectivity index (χ0) is 10.0. The Bertz CT molecular complexity index is 377. The summed E-state index contributed by atoms with van der Waals surface area (Å²) >= 11 is 3.15. The molecule has 0 aromatic heterocycles. The minimum atomic E-state index is -0.821. The van der Waals surface area contributed by atoms with Crippen molar-refractivity contribution in [2.75, 3.05) is 5.73 Å². The van der Waals surface area contributed by atoms with Crippen LogP contribution in [0.3, 0.4) is 0 Å². The van der Waals surface area contributed by atoms with Gasteiger partial charge in [-0.2, -0.15) is 0 Å². The van der Waals surface area contributed by atoms with Gasteiger partial charge in [-0.1, -0.05) is 0 Å². The maximum atomic E-state index is 10.9. The van der Waals surface area contributed by atoms with Gasteiger partial charge >= 0.3 is 5.91 Å². The second kappa shape index (κ2) is 3.66. The lowest BCUT2D eigenvalue weighted by Crippen LogP contribution is -1.99. The van der Waals surface area contributed by atoms with E-state index in [-0.39, 0.29) is 5.56 Å². The quantitative estimate of drug-likeness (QED) is 0.607. The Balaban J connectivity index is 3.31. The number of nitrogens with two attached hydrogens (primary N) is 1. The van der Waals surface area contributed by atoms with E-state index < -0.39 is 5.91 Å². The Kier molecular flexibility index (Phi) is 2.77. The highest BCUT2D eigenvalue weighted by atomic mass is 79.9. The van der Waals surface area contributed by atoms with Gasteiger partial charge in [-0.05, 0) is 40.5 Å². The highest BCUT2D eigenvalue weighted by molar-refractivity contribution is 9.10. The van der Waals surface area contributed by atoms with Crippen molar-refractivity contribution in [1.29, 1.82) is 0 Å². The van der Waals surface area contributed by atoms with Crippen LogP contribution in [0.25, 0.3) is 0 Å². The van der Waals surface area contributed by atoms with Crippen molar-refractivity contribution in [3.05, 3.63) is 32.6 Å². The third-order valence-electron chi connectivity index (χ3n) is 1.67. The van der Waals surface area contributed by atoms with Crippen LogP contribution in [0.15, 0.2) is 21.8 Å². The van der Waals surface area contributed by atoms with E-state index in [1.54, 1.807) is 6.07 Å². The summed E-state index contributed by atoms with van der Waals surface area (Å²) in [7, 11) is 0. The van der Waals surface area contributed by atoms with Gasteiger partial charge in [0.1, 0.15) is 0 Å². The van der Waals surface area contributed by atoms with Crippen LogP contribution < -0.4 is 5.73 Å². The number of carbonyl (C=O) groups is 1. The Morgan fingerprint density at radius 2 is 2.15 bits per heavy atom. The van der Waals surface area contributed by atoms with E-state index in [4.69, 9.17) is 5.73 Å². The molecule has 0 radical (unpaired) electrons. The minimum Gasteiger partial charge on any atom is -0.398 e. The van der Waals surface area contributed by atoms with Crippen LogP contribution in [-0.2, 0) is 0 Å². The number of rotatable bonds is 1. The largest absolute Gasteiger partial charge is 0.398 e. The van der Waals surface area contributed by atoms with E-state index in [9.17, 15) is 9.70 Å². The van der Waals surface area contributed by atoms with Crippen molar-refractivity contribution in [2.24, 2.45) is 5.18 Å². The standard InChI is InChI=1S/C8H7BrN2O2/c1-4-2-6(9)5(3-7(4)10)8(12)11-13/h2-3H,10H2,1H3. The average molecular weight is 243 g/mol. The highest BCUT2D eigenvalue weighted by Gasteiger charge is 2.11. The molecular weight excluding hydrogens is 236 g/mol. The molecule has 1 amide bonds. The molecule has 1 aromatic rings. The third kappa shape index (κ3) is 1.92. The van der Waals surface area contributed by atoms with Crippen LogP contribution in [-0.4, -0.2) is 5.91 Å². The number of halogens is 1. The lowest BCUT2D eigenvalue weighted by atomic mass is 10.1. The van der Waals surface area contributed by atoms with E-state index in [1.165, 1.54) is 6.07 Å². The van der Waals surface area contributed by atoms with Gasteiger partial charge in [-0.3, -0.25) is 4.79 Å². The molecule has 1 aromatic carbocycles. The van der Waals surface area contributed by atoms with Crippen LogP contribution in [0.1, 0.15) is 15.9 Å². The average Bonchev–Trinajstić information content (AvgIpc) is 2.10. The molecule has 0 aliphatic heterocycles. The molecule has 4 nitrogen and oxygen atoms in total. The first-order valence-corrected chi connectivity index (χ1v) is 4.29. The lowest BCUT2D eigenvalue weighted by molar-refractivity contribution is 0.1000. The summed E-state index contributed by atoms with van der Waals surface area (Å²) in [6.45, 7) is 1.81. The number of nitrogen functional groups attached to an aromatic ring is 1. The van der Waals surface area contributed by atoms with Crippen molar-refractivity contribution in [3.8, 4) is 0 Å². The van der Waals surface area contributed by atoms with E-state index in [1.807, 2.05) is 6.92 Å². The number of nitrogens with zero attached hydrogens (tertiary/aromatic N) is 1. The van der Waals surface area contributed by atoms with Gasteiger partial charge in [0.2, 0.25) is 0 Å². The van der Waals surface area contributed by atoms with Gasteiger partial charge in [0.25, 0.3) is 0 Å². The summed E-state index contributed by atoms with van der Waals surface area (Å²) in [4.78, 5) is 20.9. The molecule has 0 fully saturated rings. The molecule has 0 spiro atoms.